The molecule has 0 N–H and O–H groups in total. The van der Waals surface area contributed by atoms with Crippen molar-refractivity contribution in [1.29, 1.82) is 0 Å². The van der Waals surface area contributed by atoms with Crippen molar-refractivity contribution in [3.05, 3.63) is 69.6 Å². The zero-order valence-electron chi connectivity index (χ0n) is 11.8. The van der Waals surface area contributed by atoms with Crippen LogP contribution in [0.5, 0.6) is 0 Å². The highest BCUT2D eigenvalue weighted by atomic mass is 35.5. The molecule has 2 aromatic heterocycles. The Morgan fingerprint density at radius 2 is 2.13 bits per heavy atom. The third-order valence-electron chi connectivity index (χ3n) is 3.44. The number of imidazole rings is 1. The predicted molar refractivity (Wildman–Crippen MR) is 88.5 cm³/mol. The van der Waals surface area contributed by atoms with E-state index in [9.17, 15) is 4.79 Å². The van der Waals surface area contributed by atoms with Crippen LogP contribution >= 0.6 is 22.9 Å². The highest BCUT2D eigenvalue weighted by Gasteiger charge is 2.19. The zero-order chi connectivity index (χ0) is 15.8. The lowest BCUT2D eigenvalue weighted by Gasteiger charge is -2.11. The van der Waals surface area contributed by atoms with Gasteiger partial charge in [-0.25, -0.2) is 14.3 Å². The topological polar surface area (TPSA) is 65.6 Å². The van der Waals surface area contributed by atoms with E-state index in [0.29, 0.717) is 17.5 Å². The molecule has 0 fully saturated rings. The molecule has 4 heterocycles. The molecule has 2 aromatic rings. The van der Waals surface area contributed by atoms with E-state index in [-0.39, 0.29) is 5.69 Å². The maximum atomic E-state index is 12.3. The third-order valence-corrected chi connectivity index (χ3v) is 4.42. The van der Waals surface area contributed by atoms with Crippen molar-refractivity contribution in [1.82, 2.24) is 24.1 Å². The number of aromatic nitrogens is 5. The van der Waals surface area contributed by atoms with Crippen molar-refractivity contribution < 1.29 is 0 Å². The summed E-state index contributed by atoms with van der Waals surface area (Å²) in [6, 6.07) is 7.41. The quantitative estimate of drug-likeness (QED) is 0.536. The molecule has 2 aliphatic heterocycles. The molecule has 0 bridgehead atoms. The second-order valence-corrected chi connectivity index (χ2v) is 6.16. The van der Waals surface area contributed by atoms with Gasteiger partial charge in [-0.05, 0) is 23.8 Å². The van der Waals surface area contributed by atoms with E-state index >= 15 is 0 Å². The standard InChI is InChI=1S/C15H10ClN5OS/c16-12-4-3-10(6-18-12)8-20-5-1-2-11-14(20)19-15(22)21(11)13-7-17-9-23-13/h1-7,9H,8H2. The number of rotatable bonds is 3. The smallest absolute Gasteiger partial charge is 0.327 e. The van der Waals surface area contributed by atoms with Crippen LogP contribution in [0.1, 0.15) is 5.56 Å². The monoisotopic (exact) mass is 343 g/mol. The Bertz CT molecular complexity index is 974. The van der Waals surface area contributed by atoms with Crippen LogP contribution in [-0.4, -0.2) is 24.1 Å². The van der Waals surface area contributed by atoms with Crippen LogP contribution in [0.3, 0.4) is 0 Å². The predicted octanol–water partition coefficient (Wildman–Crippen LogP) is 2.69. The average Bonchev–Trinajstić information content (AvgIpc) is 3.16. The van der Waals surface area contributed by atoms with Crippen molar-refractivity contribution in [2.24, 2.45) is 0 Å². The first-order valence-corrected chi connectivity index (χ1v) is 8.05. The molecule has 114 valence electrons. The number of nitrogens with zero attached hydrogens (tertiary/aromatic N) is 5. The second kappa shape index (κ2) is 5.60. The summed E-state index contributed by atoms with van der Waals surface area (Å²) in [6.07, 6.45) is 5.26. The van der Waals surface area contributed by atoms with E-state index in [1.54, 1.807) is 28.5 Å². The minimum atomic E-state index is -0.307. The molecule has 0 amide bonds. The van der Waals surface area contributed by atoms with Gasteiger partial charge in [0.25, 0.3) is 0 Å². The Morgan fingerprint density at radius 1 is 1.22 bits per heavy atom. The minimum absolute atomic E-state index is 0.307. The third kappa shape index (κ3) is 2.54. The molecule has 0 aromatic carbocycles. The fourth-order valence-corrected chi connectivity index (χ4v) is 3.17. The largest absolute Gasteiger partial charge is 0.355 e. The SMILES string of the molecule is O=c1nc2n(Cc3ccc(Cl)nc3)cccc-2n1-c1cncs1. The minimum Gasteiger partial charge on any atom is -0.327 e. The molecule has 4 rings (SSSR count). The van der Waals surface area contributed by atoms with Gasteiger partial charge in [-0.15, -0.1) is 11.3 Å². The van der Waals surface area contributed by atoms with E-state index in [1.807, 2.05) is 29.0 Å². The highest BCUT2D eigenvalue weighted by molar-refractivity contribution is 7.12. The van der Waals surface area contributed by atoms with Gasteiger partial charge in [0.15, 0.2) is 5.82 Å². The molecule has 6 nitrogen and oxygen atoms in total. The number of fused-ring (bicyclic) bond motifs is 1. The van der Waals surface area contributed by atoms with E-state index in [0.717, 1.165) is 16.3 Å². The summed E-state index contributed by atoms with van der Waals surface area (Å²) >= 11 is 7.21. The Balaban J connectivity index is 1.79. The maximum absolute atomic E-state index is 12.3. The summed E-state index contributed by atoms with van der Waals surface area (Å²) in [5.41, 5.74) is 3.12. The number of hydrogen-bond donors (Lipinski definition) is 0. The van der Waals surface area contributed by atoms with E-state index < -0.39 is 0 Å². The van der Waals surface area contributed by atoms with Crippen LogP contribution in [0.25, 0.3) is 16.5 Å². The van der Waals surface area contributed by atoms with E-state index in [1.165, 1.54) is 11.3 Å². The molecule has 0 aliphatic carbocycles. The van der Waals surface area contributed by atoms with Crippen LogP contribution in [0.2, 0.25) is 5.15 Å². The molecule has 0 radical (unpaired) electrons. The molecular weight excluding hydrogens is 334 g/mol. The fraction of sp³-hybridized carbons (Fsp3) is 0.0667. The Hall–Kier alpha value is -2.51. The zero-order valence-corrected chi connectivity index (χ0v) is 13.3. The summed E-state index contributed by atoms with van der Waals surface area (Å²) < 4.78 is 3.49. The molecule has 23 heavy (non-hydrogen) atoms. The van der Waals surface area contributed by atoms with Gasteiger partial charge in [-0.2, -0.15) is 4.98 Å². The summed E-state index contributed by atoms with van der Waals surface area (Å²) in [5, 5.41) is 1.21. The number of hydrogen-bond acceptors (Lipinski definition) is 5. The number of pyridine rings is 2. The highest BCUT2D eigenvalue weighted by Crippen LogP contribution is 2.23. The fourth-order valence-electron chi connectivity index (χ4n) is 2.43. The number of halogens is 1. The molecular formula is C15H10ClN5OS. The van der Waals surface area contributed by atoms with Crippen molar-refractivity contribution in [2.45, 2.75) is 6.54 Å². The van der Waals surface area contributed by atoms with Crippen LogP contribution in [0, 0.1) is 0 Å². The lowest BCUT2D eigenvalue weighted by atomic mass is 10.2. The van der Waals surface area contributed by atoms with Gasteiger partial charge in [0.2, 0.25) is 0 Å². The first-order valence-electron chi connectivity index (χ1n) is 6.79. The summed E-state index contributed by atoms with van der Waals surface area (Å²) in [7, 11) is 0. The molecule has 0 unspecified atom stereocenters. The van der Waals surface area contributed by atoms with Gasteiger partial charge in [-0.3, -0.25) is 4.98 Å². The summed E-state index contributed by atoms with van der Waals surface area (Å²) in [6.45, 7) is 0.556. The van der Waals surface area contributed by atoms with Gasteiger partial charge >= 0.3 is 5.69 Å². The van der Waals surface area contributed by atoms with Gasteiger partial charge < -0.3 is 4.57 Å². The lowest BCUT2D eigenvalue weighted by Crippen LogP contribution is -2.13. The Labute approximate surface area is 140 Å². The van der Waals surface area contributed by atoms with Crippen molar-refractivity contribution in [3.63, 3.8) is 0 Å². The van der Waals surface area contributed by atoms with Gasteiger partial charge in [0.1, 0.15) is 10.2 Å². The van der Waals surface area contributed by atoms with Gasteiger partial charge in [0, 0.05) is 12.4 Å². The first-order chi connectivity index (χ1) is 11.2. The Kier molecular flexibility index (Phi) is 3.44. The molecule has 0 spiro atoms. The van der Waals surface area contributed by atoms with E-state index in [4.69, 9.17) is 11.6 Å². The van der Waals surface area contributed by atoms with Gasteiger partial charge in [0.05, 0.1) is 23.9 Å². The van der Waals surface area contributed by atoms with Crippen molar-refractivity contribution in [2.75, 3.05) is 0 Å². The molecule has 0 atom stereocenters. The van der Waals surface area contributed by atoms with E-state index in [2.05, 4.69) is 15.0 Å². The molecule has 0 saturated heterocycles. The summed E-state index contributed by atoms with van der Waals surface area (Å²) in [4.78, 5) is 24.6. The van der Waals surface area contributed by atoms with Gasteiger partial charge in [-0.1, -0.05) is 17.7 Å². The van der Waals surface area contributed by atoms with Crippen LogP contribution < -0.4 is 5.69 Å². The first kappa shape index (κ1) is 14.1. The van der Waals surface area contributed by atoms with Crippen LogP contribution in [0.15, 0.2) is 53.2 Å². The lowest BCUT2D eigenvalue weighted by molar-refractivity contribution is 0.779. The average molecular weight is 344 g/mol. The number of thiazole rings is 1. The van der Waals surface area contributed by atoms with Crippen LogP contribution in [-0.2, 0) is 6.54 Å². The molecule has 8 heteroatoms. The molecule has 2 aliphatic rings. The normalized spacial score (nSPS) is 11.2. The summed E-state index contributed by atoms with van der Waals surface area (Å²) in [5.74, 6) is 0.626. The molecule has 0 saturated carbocycles. The Morgan fingerprint density at radius 3 is 2.87 bits per heavy atom. The van der Waals surface area contributed by atoms with Crippen LogP contribution in [0.4, 0.5) is 0 Å². The van der Waals surface area contributed by atoms with Crippen molar-refractivity contribution in [3.8, 4) is 16.5 Å². The second-order valence-electron chi connectivity index (χ2n) is 4.90. The maximum Gasteiger partial charge on any atom is 0.355 e. The van der Waals surface area contributed by atoms with Crippen molar-refractivity contribution >= 4 is 22.9 Å².